The summed E-state index contributed by atoms with van der Waals surface area (Å²) in [5, 5.41) is 1.00. The van der Waals surface area contributed by atoms with E-state index in [1.807, 2.05) is 66.7 Å². The van der Waals surface area contributed by atoms with Gasteiger partial charge in [0.05, 0.1) is 29.3 Å². The van der Waals surface area contributed by atoms with E-state index in [1.54, 1.807) is 18.0 Å². The molecule has 0 fully saturated rings. The zero-order valence-electron chi connectivity index (χ0n) is 27.6. The molecule has 0 N–H and O–H groups in total. The molecule has 48 heavy (non-hydrogen) atoms. The molecule has 0 aliphatic carbocycles. The number of ether oxygens (including phenoxy) is 3. The van der Waals surface area contributed by atoms with Crippen LogP contribution in [0.4, 0.5) is 0 Å². The third kappa shape index (κ3) is 6.91. The third-order valence-electron chi connectivity index (χ3n) is 9.42. The molecule has 4 aromatic carbocycles. The van der Waals surface area contributed by atoms with Crippen LogP contribution in [0.15, 0.2) is 84.9 Å². The summed E-state index contributed by atoms with van der Waals surface area (Å²) in [7, 11) is 3.22. The van der Waals surface area contributed by atoms with Crippen molar-refractivity contribution in [1.82, 2.24) is 9.80 Å². The first-order chi connectivity index (χ1) is 23.2. The van der Waals surface area contributed by atoms with Crippen LogP contribution in [-0.2, 0) is 22.5 Å². The molecule has 2 aliphatic heterocycles. The van der Waals surface area contributed by atoms with Crippen LogP contribution < -0.4 is 9.47 Å². The topological polar surface area (TPSA) is 68.3 Å². The van der Waals surface area contributed by atoms with Crippen LogP contribution in [-0.4, -0.2) is 48.4 Å². The van der Waals surface area contributed by atoms with E-state index in [0.29, 0.717) is 46.6 Å². The minimum atomic E-state index is -0.470. The highest BCUT2D eigenvalue weighted by Crippen LogP contribution is 2.39. The van der Waals surface area contributed by atoms with Crippen molar-refractivity contribution in [2.45, 2.75) is 63.9 Å². The third-order valence-corrected chi connectivity index (χ3v) is 10.2. The maximum absolute atomic E-state index is 13.7. The minimum absolute atomic E-state index is 0.0217. The molecule has 0 aromatic heterocycles. The average Bonchev–Trinajstić information content (AvgIpc) is 3.22. The van der Waals surface area contributed by atoms with Gasteiger partial charge in [-0.1, -0.05) is 85.6 Å². The van der Waals surface area contributed by atoms with Crippen molar-refractivity contribution >= 4 is 35.1 Å². The second kappa shape index (κ2) is 14.6. The van der Waals surface area contributed by atoms with Crippen LogP contribution in [0.1, 0.15) is 83.1 Å². The van der Waals surface area contributed by atoms with Crippen LogP contribution in [0.5, 0.6) is 11.5 Å². The molecule has 0 radical (unpaired) electrons. The summed E-state index contributed by atoms with van der Waals surface area (Å²) in [6, 6.07) is 27.1. The Balaban J connectivity index is 1.27. The molecule has 2 aliphatic rings. The van der Waals surface area contributed by atoms with Crippen molar-refractivity contribution in [1.29, 1.82) is 0 Å². The molecular formula is C39H40Cl2N2O5. The van der Waals surface area contributed by atoms with Gasteiger partial charge in [-0.3, -0.25) is 14.5 Å². The molecule has 0 spiro atoms. The zero-order chi connectivity index (χ0) is 33.9. The Labute approximate surface area is 292 Å². The fourth-order valence-electron chi connectivity index (χ4n) is 6.85. The van der Waals surface area contributed by atoms with E-state index in [2.05, 4.69) is 30.9 Å². The molecule has 1 amide bonds. The predicted octanol–water partition coefficient (Wildman–Crippen LogP) is 8.78. The molecule has 0 saturated carbocycles. The molecule has 6 rings (SSSR count). The number of esters is 1. The van der Waals surface area contributed by atoms with Gasteiger partial charge in [0.1, 0.15) is 29.7 Å². The summed E-state index contributed by atoms with van der Waals surface area (Å²) in [6.45, 7) is 5.09. The lowest BCUT2D eigenvalue weighted by atomic mass is 9.88. The maximum Gasteiger partial charge on any atom is 0.323 e. The van der Waals surface area contributed by atoms with Crippen LogP contribution in [0, 0.1) is 0 Å². The van der Waals surface area contributed by atoms with Crippen LogP contribution >= 0.6 is 23.2 Å². The minimum Gasteiger partial charge on any atom is -0.486 e. The van der Waals surface area contributed by atoms with Gasteiger partial charge >= 0.3 is 5.97 Å². The van der Waals surface area contributed by atoms with Crippen molar-refractivity contribution in [3.8, 4) is 11.5 Å². The summed E-state index contributed by atoms with van der Waals surface area (Å²) in [6.07, 6.45) is 1.45. The number of fused-ring (bicyclic) bond motifs is 2. The number of hydrogen-bond donors (Lipinski definition) is 0. The largest absolute Gasteiger partial charge is 0.486 e. The van der Waals surface area contributed by atoms with Crippen LogP contribution in [0.25, 0.3) is 0 Å². The van der Waals surface area contributed by atoms with Gasteiger partial charge in [-0.15, -0.1) is 0 Å². The highest BCUT2D eigenvalue weighted by Gasteiger charge is 2.38. The van der Waals surface area contributed by atoms with Crippen LogP contribution in [0.2, 0.25) is 10.0 Å². The van der Waals surface area contributed by atoms with Crippen molar-refractivity contribution < 1.29 is 23.8 Å². The molecule has 4 aromatic rings. The normalized spacial score (nSPS) is 19.0. The molecule has 250 valence electrons. The Morgan fingerprint density at radius 3 is 2.33 bits per heavy atom. The molecule has 9 heteroatoms. The number of benzene rings is 4. The number of amides is 1. The molecule has 0 bridgehead atoms. The van der Waals surface area contributed by atoms with Gasteiger partial charge in [-0.2, -0.15) is 0 Å². The lowest BCUT2D eigenvalue weighted by Crippen LogP contribution is -2.47. The van der Waals surface area contributed by atoms with E-state index in [-0.39, 0.29) is 30.1 Å². The molecule has 2 heterocycles. The first-order valence-electron chi connectivity index (χ1n) is 16.4. The standard InChI is InChI=1S/C39H40Cl2N2O5/c1-5-33(24-10-8-7-9-11-24)43-22-28-21-36-30(18-27(28)20-34(43)39(45)46-4)38(44)42(3)23-37(48-36)25-12-15-29(16-13-25)47-35(6-2)26-14-17-31(40)32(41)19-26/h7-19,21,33-35,37H,5-6,20,22-23H2,1-4H3/t33?,34-,35+,37+/m0/s1. The van der Waals surface area contributed by atoms with Crippen molar-refractivity contribution in [2.75, 3.05) is 20.7 Å². The average molecular weight is 688 g/mol. The lowest BCUT2D eigenvalue weighted by Gasteiger charge is -2.40. The molecule has 7 nitrogen and oxygen atoms in total. The smallest absolute Gasteiger partial charge is 0.323 e. The Morgan fingerprint density at radius 2 is 1.67 bits per heavy atom. The molecular weight excluding hydrogens is 647 g/mol. The van der Waals surface area contributed by atoms with Gasteiger partial charge in [-0.25, -0.2) is 0 Å². The van der Waals surface area contributed by atoms with Gasteiger partial charge in [0.15, 0.2) is 0 Å². The fourth-order valence-corrected chi connectivity index (χ4v) is 7.15. The van der Waals surface area contributed by atoms with Gasteiger partial charge in [0.25, 0.3) is 5.91 Å². The quantitative estimate of drug-likeness (QED) is 0.164. The number of hydrogen-bond acceptors (Lipinski definition) is 6. The highest BCUT2D eigenvalue weighted by atomic mass is 35.5. The van der Waals surface area contributed by atoms with Gasteiger partial charge in [0, 0.05) is 19.6 Å². The van der Waals surface area contributed by atoms with E-state index >= 15 is 0 Å². The van der Waals surface area contributed by atoms with Gasteiger partial charge < -0.3 is 19.1 Å². The Bertz CT molecular complexity index is 1780. The molecule has 4 atom stereocenters. The second-order valence-corrected chi connectivity index (χ2v) is 13.2. The monoisotopic (exact) mass is 686 g/mol. The van der Waals surface area contributed by atoms with Crippen molar-refractivity contribution in [2.24, 2.45) is 0 Å². The number of nitrogens with zero attached hydrogens (tertiary/aromatic N) is 2. The van der Waals surface area contributed by atoms with E-state index in [4.69, 9.17) is 37.4 Å². The number of halogens is 2. The first kappa shape index (κ1) is 33.8. The summed E-state index contributed by atoms with van der Waals surface area (Å²) < 4.78 is 18.2. The number of likely N-dealkylation sites (N-methyl/N-ethyl adjacent to an activating group) is 1. The highest BCUT2D eigenvalue weighted by molar-refractivity contribution is 6.42. The van der Waals surface area contributed by atoms with E-state index < -0.39 is 6.04 Å². The summed E-state index contributed by atoms with van der Waals surface area (Å²) >= 11 is 12.4. The summed E-state index contributed by atoms with van der Waals surface area (Å²) in [5.41, 5.74) is 5.52. The number of carbonyl (C=O) groups excluding carboxylic acids is 2. The Hall–Kier alpha value is -4.04. The summed E-state index contributed by atoms with van der Waals surface area (Å²) in [5.74, 6) is 0.867. The second-order valence-electron chi connectivity index (χ2n) is 12.4. The SMILES string of the molecule is CCC(c1ccccc1)N1Cc2cc3c(cc2C[C@H]1C(=O)OC)C(=O)N(C)C[C@H](c1ccc(O[C@H](CC)c2ccc(Cl)c(Cl)c2)cc1)O3. The maximum atomic E-state index is 13.7. The van der Waals surface area contributed by atoms with E-state index in [0.717, 1.165) is 40.7 Å². The zero-order valence-corrected chi connectivity index (χ0v) is 29.1. The van der Waals surface area contributed by atoms with Gasteiger partial charge in [0.2, 0.25) is 0 Å². The van der Waals surface area contributed by atoms with E-state index in [1.165, 1.54) is 7.11 Å². The fraction of sp³-hybridized carbons (Fsp3) is 0.333. The molecule has 1 unspecified atom stereocenters. The first-order valence-corrected chi connectivity index (χ1v) is 17.1. The van der Waals surface area contributed by atoms with Crippen LogP contribution in [0.3, 0.4) is 0 Å². The Morgan fingerprint density at radius 1 is 0.917 bits per heavy atom. The lowest BCUT2D eigenvalue weighted by molar-refractivity contribution is -0.149. The molecule has 0 saturated heterocycles. The van der Waals surface area contributed by atoms with E-state index in [9.17, 15) is 9.59 Å². The number of carbonyl (C=O) groups is 2. The number of methoxy groups -OCH3 is 1. The van der Waals surface area contributed by atoms with Crippen molar-refractivity contribution in [3.63, 3.8) is 0 Å². The number of rotatable bonds is 9. The Kier molecular flexibility index (Phi) is 10.3. The van der Waals surface area contributed by atoms with Crippen molar-refractivity contribution in [3.05, 3.63) is 128 Å². The summed E-state index contributed by atoms with van der Waals surface area (Å²) in [4.78, 5) is 30.7. The van der Waals surface area contributed by atoms with Gasteiger partial charge in [-0.05, 0) is 83.5 Å². The predicted molar refractivity (Wildman–Crippen MR) is 188 cm³/mol.